The second-order valence-electron chi connectivity index (χ2n) is 6.63. The van der Waals surface area contributed by atoms with Crippen molar-refractivity contribution in [2.24, 2.45) is 0 Å². The van der Waals surface area contributed by atoms with Gasteiger partial charge in [-0.15, -0.1) is 0 Å². The monoisotopic (exact) mass is 646 g/mol. The molecule has 28 heavy (non-hydrogen) atoms. The first kappa shape index (κ1) is 22.4. The fraction of sp³-hybridized carbons (Fsp3) is 0.333. The number of aryl methyl sites for hydroxylation is 2. The zero-order valence-corrected chi connectivity index (χ0v) is 21.3. The molecule has 1 fully saturated rings. The number of rotatable bonds is 4. The summed E-state index contributed by atoms with van der Waals surface area (Å²) in [4.78, 5) is 0.563. The molecular weight excluding hydrogens is 626 g/mol. The number of hydrogen-bond acceptors (Lipinski definition) is 4. The van der Waals surface area contributed by atoms with Crippen LogP contribution in [-0.2, 0) is 20.0 Å². The molecule has 0 saturated carbocycles. The van der Waals surface area contributed by atoms with Gasteiger partial charge in [-0.05, 0) is 94.4 Å². The Morgan fingerprint density at radius 3 is 1.32 bits per heavy atom. The van der Waals surface area contributed by atoms with Gasteiger partial charge in [0, 0.05) is 33.3 Å². The van der Waals surface area contributed by atoms with Crippen LogP contribution in [0.4, 0.5) is 0 Å². The summed E-state index contributed by atoms with van der Waals surface area (Å²) in [6.45, 7) is 4.07. The molecule has 0 N–H and O–H groups in total. The molecule has 0 unspecified atom stereocenters. The summed E-state index contributed by atoms with van der Waals surface area (Å²) < 4.78 is 56.6. The molecule has 1 heterocycles. The third-order valence-electron chi connectivity index (χ3n) is 4.73. The van der Waals surface area contributed by atoms with Gasteiger partial charge in [-0.25, -0.2) is 16.8 Å². The topological polar surface area (TPSA) is 74.8 Å². The van der Waals surface area contributed by atoms with Crippen LogP contribution < -0.4 is 0 Å². The Balaban J connectivity index is 1.82. The lowest BCUT2D eigenvalue weighted by Crippen LogP contribution is -2.50. The normalized spacial score (nSPS) is 17.0. The van der Waals surface area contributed by atoms with E-state index < -0.39 is 20.0 Å². The van der Waals surface area contributed by atoms with Gasteiger partial charge in [0.05, 0.1) is 9.79 Å². The smallest absolute Gasteiger partial charge is 0.207 e. The van der Waals surface area contributed by atoms with Crippen LogP contribution in [0, 0.1) is 21.0 Å². The van der Waals surface area contributed by atoms with Crippen molar-refractivity contribution in [1.82, 2.24) is 8.61 Å². The summed E-state index contributed by atoms with van der Waals surface area (Å²) in [7, 11) is -7.32. The van der Waals surface area contributed by atoms with Crippen LogP contribution >= 0.6 is 45.2 Å². The Kier molecular flexibility index (Phi) is 6.77. The van der Waals surface area contributed by atoms with Crippen molar-refractivity contribution in [2.45, 2.75) is 23.6 Å². The highest BCUT2D eigenvalue weighted by atomic mass is 127. The van der Waals surface area contributed by atoms with Gasteiger partial charge in [-0.1, -0.05) is 12.1 Å². The Bertz CT molecular complexity index is 1020. The van der Waals surface area contributed by atoms with E-state index in [-0.39, 0.29) is 36.0 Å². The van der Waals surface area contributed by atoms with Crippen molar-refractivity contribution < 1.29 is 16.8 Å². The van der Waals surface area contributed by atoms with E-state index >= 15 is 0 Å². The number of sulfonamides is 2. The molecule has 0 atom stereocenters. The Morgan fingerprint density at radius 2 is 1.00 bits per heavy atom. The van der Waals surface area contributed by atoms with Gasteiger partial charge in [0.15, 0.2) is 0 Å². The number of hydrogen-bond donors (Lipinski definition) is 0. The molecule has 0 radical (unpaired) electrons. The molecule has 152 valence electrons. The van der Waals surface area contributed by atoms with Crippen LogP contribution in [0.3, 0.4) is 0 Å². The highest BCUT2D eigenvalue weighted by Crippen LogP contribution is 2.26. The van der Waals surface area contributed by atoms with Crippen molar-refractivity contribution in [3.05, 3.63) is 54.7 Å². The second-order valence-corrected chi connectivity index (χ2v) is 12.9. The lowest BCUT2D eigenvalue weighted by Gasteiger charge is -2.33. The van der Waals surface area contributed by atoms with E-state index in [1.807, 2.05) is 12.1 Å². The summed E-state index contributed by atoms with van der Waals surface area (Å²) in [5.41, 5.74) is 1.37. The second kappa shape index (κ2) is 8.46. The predicted octanol–water partition coefficient (Wildman–Crippen LogP) is 3.21. The quantitative estimate of drug-likeness (QED) is 0.479. The van der Waals surface area contributed by atoms with Gasteiger partial charge in [-0.3, -0.25) is 0 Å². The standard InChI is InChI=1S/C18H20I2N2O4S2/c1-13-3-5-15(19)11-17(13)27(23,24)21-7-9-22(10-8-21)28(25,26)18-12-16(20)6-4-14(18)2/h3-6,11-12H,7-10H2,1-2H3. The first-order valence-electron chi connectivity index (χ1n) is 8.56. The Labute approximate surface area is 193 Å². The van der Waals surface area contributed by atoms with Gasteiger partial charge in [0.2, 0.25) is 20.0 Å². The van der Waals surface area contributed by atoms with Crippen LogP contribution in [-0.4, -0.2) is 51.6 Å². The molecule has 0 bridgehead atoms. The van der Waals surface area contributed by atoms with E-state index in [1.165, 1.54) is 8.61 Å². The third kappa shape index (κ3) is 4.41. The molecule has 1 aliphatic heterocycles. The van der Waals surface area contributed by atoms with E-state index in [1.54, 1.807) is 38.1 Å². The largest absolute Gasteiger partial charge is 0.243 e. The zero-order valence-electron chi connectivity index (χ0n) is 15.4. The van der Waals surface area contributed by atoms with Crippen molar-refractivity contribution in [3.63, 3.8) is 0 Å². The average molecular weight is 646 g/mol. The molecule has 0 aromatic heterocycles. The number of benzene rings is 2. The van der Waals surface area contributed by atoms with E-state index in [0.717, 1.165) is 7.14 Å². The highest BCUT2D eigenvalue weighted by Gasteiger charge is 2.35. The molecule has 2 aromatic rings. The van der Waals surface area contributed by atoms with Crippen LogP contribution in [0.1, 0.15) is 11.1 Å². The third-order valence-corrected chi connectivity index (χ3v) is 10.2. The molecule has 10 heteroatoms. The molecule has 0 amide bonds. The predicted molar refractivity (Wildman–Crippen MR) is 125 cm³/mol. The minimum Gasteiger partial charge on any atom is -0.207 e. The summed E-state index contributed by atoms with van der Waals surface area (Å²) in [6, 6.07) is 10.6. The molecule has 6 nitrogen and oxygen atoms in total. The number of nitrogens with zero attached hydrogens (tertiary/aromatic N) is 2. The summed E-state index contributed by atoms with van der Waals surface area (Å²) in [5.74, 6) is 0. The van der Waals surface area contributed by atoms with Gasteiger partial charge < -0.3 is 0 Å². The first-order valence-corrected chi connectivity index (χ1v) is 13.6. The zero-order chi connectivity index (χ0) is 20.7. The molecule has 0 spiro atoms. The Hall–Kier alpha value is -0.280. The lowest BCUT2D eigenvalue weighted by atomic mass is 10.2. The fourth-order valence-corrected chi connectivity index (χ4v) is 7.88. The maximum Gasteiger partial charge on any atom is 0.243 e. The minimum atomic E-state index is -3.66. The molecule has 0 aliphatic carbocycles. The van der Waals surface area contributed by atoms with Crippen LogP contribution in [0.25, 0.3) is 0 Å². The maximum atomic E-state index is 13.0. The SMILES string of the molecule is Cc1ccc(I)cc1S(=O)(=O)N1CCN(S(=O)(=O)c2cc(I)ccc2C)CC1. The van der Waals surface area contributed by atoms with Gasteiger partial charge in [0.1, 0.15) is 0 Å². The van der Waals surface area contributed by atoms with Crippen molar-refractivity contribution >= 4 is 65.2 Å². The van der Waals surface area contributed by atoms with E-state index in [2.05, 4.69) is 45.2 Å². The molecule has 3 rings (SSSR count). The van der Waals surface area contributed by atoms with Gasteiger partial charge >= 0.3 is 0 Å². The van der Waals surface area contributed by atoms with E-state index in [4.69, 9.17) is 0 Å². The van der Waals surface area contributed by atoms with Crippen molar-refractivity contribution in [2.75, 3.05) is 26.2 Å². The number of halogens is 2. The minimum absolute atomic E-state index is 0.134. The summed E-state index contributed by atoms with van der Waals surface area (Å²) in [5, 5.41) is 0. The first-order chi connectivity index (χ1) is 13.0. The van der Waals surface area contributed by atoms with E-state index in [0.29, 0.717) is 11.1 Å². The summed E-state index contributed by atoms with van der Waals surface area (Å²) >= 11 is 4.18. The van der Waals surface area contributed by atoms with Crippen LogP contribution in [0.5, 0.6) is 0 Å². The molecule has 1 aliphatic rings. The summed E-state index contributed by atoms with van der Waals surface area (Å²) in [6.07, 6.45) is 0. The van der Waals surface area contributed by atoms with Crippen LogP contribution in [0.2, 0.25) is 0 Å². The Morgan fingerprint density at radius 1 is 0.679 bits per heavy atom. The van der Waals surface area contributed by atoms with E-state index in [9.17, 15) is 16.8 Å². The average Bonchev–Trinajstić information content (AvgIpc) is 2.65. The lowest BCUT2D eigenvalue weighted by molar-refractivity contribution is 0.272. The molecular formula is C18H20I2N2O4S2. The molecule has 1 saturated heterocycles. The van der Waals surface area contributed by atoms with Crippen molar-refractivity contribution in [3.8, 4) is 0 Å². The molecule has 2 aromatic carbocycles. The highest BCUT2D eigenvalue weighted by molar-refractivity contribution is 14.1. The van der Waals surface area contributed by atoms with Crippen LogP contribution in [0.15, 0.2) is 46.2 Å². The van der Waals surface area contributed by atoms with Crippen molar-refractivity contribution in [1.29, 1.82) is 0 Å². The van der Waals surface area contributed by atoms with Gasteiger partial charge in [0.25, 0.3) is 0 Å². The number of piperazine rings is 1. The fourth-order valence-electron chi connectivity index (χ4n) is 3.13. The maximum absolute atomic E-state index is 13.0. The van der Waals surface area contributed by atoms with Gasteiger partial charge in [-0.2, -0.15) is 8.61 Å².